The van der Waals surface area contributed by atoms with E-state index in [1.54, 1.807) is 31.4 Å². The normalized spacial score (nSPS) is 11.6. The lowest BCUT2D eigenvalue weighted by atomic mass is 10.1. The largest absolute Gasteiger partial charge is 0.496 e. The first-order valence-corrected chi connectivity index (χ1v) is 7.28. The zero-order valence-electron chi connectivity index (χ0n) is 12.5. The molecule has 2 rings (SSSR count). The molecule has 0 aromatic heterocycles. The van der Waals surface area contributed by atoms with Crippen LogP contribution in [0, 0.1) is 0 Å². The van der Waals surface area contributed by atoms with Crippen molar-refractivity contribution in [3.05, 3.63) is 59.1 Å². The molecule has 0 aliphatic carbocycles. The fourth-order valence-corrected chi connectivity index (χ4v) is 2.19. The van der Waals surface area contributed by atoms with Crippen LogP contribution in [0.3, 0.4) is 0 Å². The van der Waals surface area contributed by atoms with Crippen LogP contribution in [0.2, 0.25) is 5.02 Å². The molecular weight excluding hydrogens is 302 g/mol. The molecule has 1 atom stereocenters. The number of para-hydroxylation sites is 1. The molecule has 0 unspecified atom stereocenters. The summed E-state index contributed by atoms with van der Waals surface area (Å²) in [5.41, 5.74) is 0.921. The van der Waals surface area contributed by atoms with Gasteiger partial charge in [0.25, 0.3) is 5.91 Å². The van der Waals surface area contributed by atoms with Crippen LogP contribution in [0.25, 0.3) is 0 Å². The van der Waals surface area contributed by atoms with Gasteiger partial charge < -0.3 is 14.8 Å². The van der Waals surface area contributed by atoms with E-state index >= 15 is 0 Å². The van der Waals surface area contributed by atoms with Gasteiger partial charge in [0.05, 0.1) is 13.2 Å². The maximum Gasteiger partial charge on any atom is 0.258 e. The lowest BCUT2D eigenvalue weighted by Crippen LogP contribution is -2.31. The molecule has 5 heteroatoms. The molecule has 116 valence electrons. The van der Waals surface area contributed by atoms with Crippen molar-refractivity contribution in [2.45, 2.75) is 13.0 Å². The Morgan fingerprint density at radius 1 is 1.18 bits per heavy atom. The summed E-state index contributed by atoms with van der Waals surface area (Å²) in [6.07, 6.45) is 0. The van der Waals surface area contributed by atoms with Crippen LogP contribution < -0.4 is 14.8 Å². The topological polar surface area (TPSA) is 47.6 Å². The summed E-state index contributed by atoms with van der Waals surface area (Å²) in [5, 5.41) is 3.51. The minimum atomic E-state index is -0.201. The number of rotatable bonds is 6. The summed E-state index contributed by atoms with van der Waals surface area (Å²) >= 11 is 5.79. The van der Waals surface area contributed by atoms with Gasteiger partial charge in [-0.05, 0) is 37.3 Å². The molecule has 0 bridgehead atoms. The number of carbonyl (C=O) groups excluding carboxylic acids is 1. The molecule has 0 radical (unpaired) electrons. The highest BCUT2D eigenvalue weighted by atomic mass is 35.5. The zero-order chi connectivity index (χ0) is 15.9. The Morgan fingerprint density at radius 3 is 2.55 bits per heavy atom. The lowest BCUT2D eigenvalue weighted by molar-refractivity contribution is -0.123. The van der Waals surface area contributed by atoms with Gasteiger partial charge in [-0.25, -0.2) is 0 Å². The molecular formula is C17H18ClNO3. The van der Waals surface area contributed by atoms with E-state index in [0.717, 1.165) is 11.3 Å². The van der Waals surface area contributed by atoms with E-state index in [-0.39, 0.29) is 18.6 Å². The van der Waals surface area contributed by atoms with Crippen molar-refractivity contribution < 1.29 is 14.3 Å². The first-order valence-electron chi connectivity index (χ1n) is 6.91. The van der Waals surface area contributed by atoms with E-state index in [1.165, 1.54) is 0 Å². The molecule has 0 heterocycles. The number of ether oxygens (including phenoxy) is 2. The Hall–Kier alpha value is -2.20. The second-order valence-electron chi connectivity index (χ2n) is 4.77. The van der Waals surface area contributed by atoms with Gasteiger partial charge in [0.2, 0.25) is 0 Å². The SMILES string of the molecule is COc1ccccc1[C@@H](C)NC(=O)COc1ccc(Cl)cc1. The maximum absolute atomic E-state index is 12.0. The van der Waals surface area contributed by atoms with Gasteiger partial charge in [0.15, 0.2) is 6.61 Å². The molecule has 0 aliphatic rings. The van der Waals surface area contributed by atoms with E-state index in [9.17, 15) is 4.79 Å². The van der Waals surface area contributed by atoms with Crippen LogP contribution in [0.1, 0.15) is 18.5 Å². The van der Waals surface area contributed by atoms with Gasteiger partial charge in [-0.15, -0.1) is 0 Å². The minimum absolute atomic E-state index is 0.0544. The number of amides is 1. The predicted octanol–water partition coefficient (Wildman–Crippen LogP) is 3.60. The van der Waals surface area contributed by atoms with Gasteiger partial charge in [0, 0.05) is 10.6 Å². The van der Waals surface area contributed by atoms with Gasteiger partial charge in [0.1, 0.15) is 11.5 Å². The summed E-state index contributed by atoms with van der Waals surface area (Å²) in [6.45, 7) is 1.85. The fraction of sp³-hybridized carbons (Fsp3) is 0.235. The smallest absolute Gasteiger partial charge is 0.258 e. The second-order valence-corrected chi connectivity index (χ2v) is 5.21. The van der Waals surface area contributed by atoms with Crippen molar-refractivity contribution in [2.75, 3.05) is 13.7 Å². The van der Waals surface area contributed by atoms with E-state index < -0.39 is 0 Å². The first-order chi connectivity index (χ1) is 10.6. The molecule has 4 nitrogen and oxygen atoms in total. The average molecular weight is 320 g/mol. The second kappa shape index (κ2) is 7.71. The Morgan fingerprint density at radius 2 is 1.86 bits per heavy atom. The molecule has 0 aliphatic heterocycles. The first kappa shape index (κ1) is 16.2. The number of methoxy groups -OCH3 is 1. The van der Waals surface area contributed by atoms with Crippen LogP contribution in [-0.4, -0.2) is 19.6 Å². The quantitative estimate of drug-likeness (QED) is 0.885. The van der Waals surface area contributed by atoms with Crippen molar-refractivity contribution in [1.82, 2.24) is 5.32 Å². The summed E-state index contributed by atoms with van der Waals surface area (Å²) in [7, 11) is 1.61. The van der Waals surface area contributed by atoms with Crippen molar-refractivity contribution in [2.24, 2.45) is 0 Å². The Labute approximate surface area is 135 Å². The Bertz CT molecular complexity index is 628. The molecule has 1 amide bonds. The molecule has 0 fully saturated rings. The molecule has 0 spiro atoms. The summed E-state index contributed by atoms with van der Waals surface area (Å²) in [4.78, 5) is 12.0. The highest BCUT2D eigenvalue weighted by molar-refractivity contribution is 6.30. The predicted molar refractivity (Wildman–Crippen MR) is 86.5 cm³/mol. The van der Waals surface area contributed by atoms with Crippen LogP contribution >= 0.6 is 11.6 Å². The van der Waals surface area contributed by atoms with Crippen LogP contribution in [0.5, 0.6) is 11.5 Å². The third-order valence-electron chi connectivity index (χ3n) is 3.17. The van der Waals surface area contributed by atoms with Crippen molar-refractivity contribution >= 4 is 17.5 Å². The summed E-state index contributed by atoms with van der Waals surface area (Å²) in [5.74, 6) is 1.15. The number of hydrogen-bond acceptors (Lipinski definition) is 3. The molecule has 22 heavy (non-hydrogen) atoms. The molecule has 0 saturated heterocycles. The standard InChI is InChI=1S/C17H18ClNO3/c1-12(15-5-3-4-6-16(15)21-2)19-17(20)11-22-14-9-7-13(18)8-10-14/h3-10,12H,11H2,1-2H3,(H,19,20)/t12-/m1/s1. The van der Waals surface area contributed by atoms with Gasteiger partial charge >= 0.3 is 0 Å². The number of halogens is 1. The monoisotopic (exact) mass is 319 g/mol. The molecule has 0 saturated carbocycles. The number of hydrogen-bond donors (Lipinski definition) is 1. The highest BCUT2D eigenvalue weighted by Crippen LogP contribution is 2.24. The number of benzene rings is 2. The lowest BCUT2D eigenvalue weighted by Gasteiger charge is -2.17. The average Bonchev–Trinajstić information content (AvgIpc) is 2.54. The minimum Gasteiger partial charge on any atom is -0.496 e. The molecule has 2 aromatic rings. The third kappa shape index (κ3) is 4.40. The Balaban J connectivity index is 1.90. The molecule has 2 aromatic carbocycles. The number of carbonyl (C=O) groups is 1. The van der Waals surface area contributed by atoms with Crippen molar-refractivity contribution in [3.63, 3.8) is 0 Å². The molecule has 1 N–H and O–H groups in total. The highest BCUT2D eigenvalue weighted by Gasteiger charge is 2.13. The van der Waals surface area contributed by atoms with Gasteiger partial charge in [-0.3, -0.25) is 4.79 Å². The van der Waals surface area contributed by atoms with E-state index in [1.807, 2.05) is 31.2 Å². The summed E-state index contributed by atoms with van der Waals surface area (Å²) < 4.78 is 10.7. The van der Waals surface area contributed by atoms with Crippen molar-refractivity contribution in [3.8, 4) is 11.5 Å². The maximum atomic E-state index is 12.0. The third-order valence-corrected chi connectivity index (χ3v) is 3.42. The van der Waals surface area contributed by atoms with Crippen LogP contribution in [0.15, 0.2) is 48.5 Å². The van der Waals surface area contributed by atoms with E-state index in [2.05, 4.69) is 5.32 Å². The van der Waals surface area contributed by atoms with Crippen LogP contribution in [-0.2, 0) is 4.79 Å². The van der Waals surface area contributed by atoms with Gasteiger partial charge in [-0.1, -0.05) is 29.8 Å². The number of nitrogens with one attached hydrogen (secondary N) is 1. The van der Waals surface area contributed by atoms with E-state index in [4.69, 9.17) is 21.1 Å². The summed E-state index contributed by atoms with van der Waals surface area (Å²) in [6, 6.07) is 14.3. The van der Waals surface area contributed by atoms with Crippen molar-refractivity contribution in [1.29, 1.82) is 0 Å². The van der Waals surface area contributed by atoms with Gasteiger partial charge in [-0.2, -0.15) is 0 Å². The van der Waals surface area contributed by atoms with Crippen LogP contribution in [0.4, 0.5) is 0 Å². The fourth-order valence-electron chi connectivity index (χ4n) is 2.06. The Kier molecular flexibility index (Phi) is 5.67. The zero-order valence-corrected chi connectivity index (χ0v) is 13.3. The van der Waals surface area contributed by atoms with E-state index in [0.29, 0.717) is 10.8 Å².